The Labute approximate surface area is 186 Å². The third kappa shape index (κ3) is 5.90. The standard InChI is InChI=1S/C22H26N4O3.BrH/c1-25(2)14-6-13-23-20(27)15-29-17-11-9-16(10-12-17)21-18-7-4-5-8-19(18)22(28)26(3)24-21;/h4-5,7-12H,6,13-15H2,1-3H3,(H,23,27);1H. The summed E-state index contributed by atoms with van der Waals surface area (Å²) in [6, 6.07) is 14.8. The second-order valence-corrected chi connectivity index (χ2v) is 7.14. The van der Waals surface area contributed by atoms with Gasteiger partial charge in [0.15, 0.2) is 6.61 Å². The third-order valence-corrected chi connectivity index (χ3v) is 4.56. The maximum absolute atomic E-state index is 12.3. The summed E-state index contributed by atoms with van der Waals surface area (Å²) in [6.45, 7) is 1.53. The Bertz CT molecular complexity index is 1050. The lowest BCUT2D eigenvalue weighted by Crippen LogP contribution is -2.31. The second-order valence-electron chi connectivity index (χ2n) is 7.14. The summed E-state index contributed by atoms with van der Waals surface area (Å²) in [7, 11) is 5.65. The van der Waals surface area contributed by atoms with Crippen LogP contribution < -0.4 is 15.6 Å². The first-order valence-corrected chi connectivity index (χ1v) is 9.56. The highest BCUT2D eigenvalue weighted by Gasteiger charge is 2.11. The van der Waals surface area contributed by atoms with Crippen molar-refractivity contribution < 1.29 is 9.53 Å². The van der Waals surface area contributed by atoms with E-state index >= 15 is 0 Å². The molecule has 1 amide bonds. The second kappa shape index (κ2) is 10.9. The van der Waals surface area contributed by atoms with Gasteiger partial charge in [-0.15, -0.1) is 17.0 Å². The number of halogens is 1. The first-order valence-electron chi connectivity index (χ1n) is 9.56. The number of aryl methyl sites for hydroxylation is 1. The van der Waals surface area contributed by atoms with E-state index in [1.807, 2.05) is 44.4 Å². The average molecular weight is 475 g/mol. The molecule has 0 radical (unpaired) electrons. The highest BCUT2D eigenvalue weighted by atomic mass is 79.9. The summed E-state index contributed by atoms with van der Waals surface area (Å²) in [5.41, 5.74) is 1.48. The fourth-order valence-electron chi connectivity index (χ4n) is 3.04. The number of aromatic nitrogens is 2. The molecule has 0 aliphatic heterocycles. The lowest BCUT2D eigenvalue weighted by Gasteiger charge is -2.11. The van der Waals surface area contributed by atoms with E-state index in [1.165, 1.54) is 4.68 Å². The van der Waals surface area contributed by atoms with Gasteiger partial charge in [0.25, 0.3) is 11.5 Å². The molecular weight excluding hydrogens is 448 g/mol. The Morgan fingerprint density at radius 2 is 1.77 bits per heavy atom. The van der Waals surface area contributed by atoms with Crippen molar-refractivity contribution in [2.24, 2.45) is 7.05 Å². The van der Waals surface area contributed by atoms with Gasteiger partial charge in [0.2, 0.25) is 0 Å². The summed E-state index contributed by atoms with van der Waals surface area (Å²) < 4.78 is 6.92. The molecule has 0 saturated heterocycles. The van der Waals surface area contributed by atoms with Crippen LogP contribution in [0.15, 0.2) is 53.3 Å². The van der Waals surface area contributed by atoms with Gasteiger partial charge in [0.1, 0.15) is 5.75 Å². The number of fused-ring (bicyclic) bond motifs is 1. The molecule has 8 heteroatoms. The maximum atomic E-state index is 12.3. The van der Waals surface area contributed by atoms with Gasteiger partial charge in [-0.05, 0) is 57.4 Å². The molecule has 30 heavy (non-hydrogen) atoms. The number of hydrogen-bond donors (Lipinski definition) is 1. The fraction of sp³-hybridized carbons (Fsp3) is 0.318. The van der Waals surface area contributed by atoms with Crippen molar-refractivity contribution in [3.63, 3.8) is 0 Å². The van der Waals surface area contributed by atoms with E-state index in [-0.39, 0.29) is 35.1 Å². The SMILES string of the molecule is Br.CN(C)CCCNC(=O)COc1ccc(-c2nn(C)c(=O)c3ccccc23)cc1. The molecule has 0 bridgehead atoms. The van der Waals surface area contributed by atoms with E-state index in [4.69, 9.17) is 4.74 Å². The molecule has 0 spiro atoms. The van der Waals surface area contributed by atoms with Crippen molar-refractivity contribution in [3.8, 4) is 17.0 Å². The van der Waals surface area contributed by atoms with E-state index in [9.17, 15) is 9.59 Å². The Morgan fingerprint density at radius 3 is 2.43 bits per heavy atom. The van der Waals surface area contributed by atoms with E-state index in [2.05, 4.69) is 15.3 Å². The van der Waals surface area contributed by atoms with Gasteiger partial charge in [0.05, 0.1) is 11.1 Å². The Balaban J connectivity index is 0.00000320. The molecule has 0 aliphatic carbocycles. The molecule has 2 aromatic carbocycles. The van der Waals surface area contributed by atoms with Crippen LogP contribution in [-0.4, -0.2) is 54.4 Å². The number of amides is 1. The average Bonchev–Trinajstić information content (AvgIpc) is 2.72. The molecule has 1 aromatic heterocycles. The lowest BCUT2D eigenvalue weighted by molar-refractivity contribution is -0.123. The molecule has 1 heterocycles. The topological polar surface area (TPSA) is 76.5 Å². The predicted octanol–water partition coefficient (Wildman–Crippen LogP) is 2.63. The molecule has 0 saturated carbocycles. The molecule has 3 aromatic rings. The molecule has 0 aliphatic rings. The van der Waals surface area contributed by atoms with E-state index in [0.717, 1.165) is 29.6 Å². The zero-order chi connectivity index (χ0) is 20.8. The lowest BCUT2D eigenvalue weighted by atomic mass is 10.1. The smallest absolute Gasteiger partial charge is 0.274 e. The number of hydrogen-bond acceptors (Lipinski definition) is 5. The van der Waals surface area contributed by atoms with Crippen LogP contribution in [0.25, 0.3) is 22.0 Å². The Morgan fingerprint density at radius 1 is 1.10 bits per heavy atom. The monoisotopic (exact) mass is 474 g/mol. The summed E-state index contributed by atoms with van der Waals surface area (Å²) in [5, 5.41) is 8.71. The van der Waals surface area contributed by atoms with Crippen LogP contribution in [0.1, 0.15) is 6.42 Å². The highest BCUT2D eigenvalue weighted by Crippen LogP contribution is 2.26. The van der Waals surface area contributed by atoms with Gasteiger partial charge >= 0.3 is 0 Å². The van der Waals surface area contributed by atoms with Crippen molar-refractivity contribution in [2.75, 3.05) is 33.8 Å². The van der Waals surface area contributed by atoms with Crippen LogP contribution in [0, 0.1) is 0 Å². The molecule has 160 valence electrons. The van der Waals surface area contributed by atoms with Crippen molar-refractivity contribution in [3.05, 3.63) is 58.9 Å². The quantitative estimate of drug-likeness (QED) is 0.507. The van der Waals surface area contributed by atoms with Crippen LogP contribution in [0.5, 0.6) is 5.75 Å². The normalized spacial score (nSPS) is 10.7. The number of nitrogens with one attached hydrogen (secondary N) is 1. The van der Waals surface area contributed by atoms with Crippen molar-refractivity contribution >= 4 is 33.7 Å². The maximum Gasteiger partial charge on any atom is 0.274 e. The molecule has 3 rings (SSSR count). The highest BCUT2D eigenvalue weighted by molar-refractivity contribution is 8.93. The Hall–Kier alpha value is -2.71. The molecule has 0 fully saturated rings. The number of carbonyl (C=O) groups is 1. The van der Waals surface area contributed by atoms with Gasteiger partial charge in [-0.3, -0.25) is 9.59 Å². The van der Waals surface area contributed by atoms with E-state index in [0.29, 0.717) is 17.7 Å². The molecule has 7 nitrogen and oxygen atoms in total. The van der Waals surface area contributed by atoms with E-state index in [1.54, 1.807) is 25.2 Å². The zero-order valence-electron chi connectivity index (χ0n) is 17.4. The first kappa shape index (κ1) is 23.6. The molecule has 0 unspecified atom stereocenters. The van der Waals surface area contributed by atoms with Crippen molar-refractivity contribution in [2.45, 2.75) is 6.42 Å². The van der Waals surface area contributed by atoms with Crippen molar-refractivity contribution in [1.82, 2.24) is 20.0 Å². The number of nitrogens with zero attached hydrogens (tertiary/aromatic N) is 3. The minimum atomic E-state index is -0.140. The summed E-state index contributed by atoms with van der Waals surface area (Å²) in [4.78, 5) is 26.2. The number of carbonyl (C=O) groups excluding carboxylic acids is 1. The fourth-order valence-corrected chi connectivity index (χ4v) is 3.04. The number of benzene rings is 2. The largest absolute Gasteiger partial charge is 0.484 e. The molecule has 0 atom stereocenters. The predicted molar refractivity (Wildman–Crippen MR) is 124 cm³/mol. The zero-order valence-corrected chi connectivity index (χ0v) is 19.1. The summed E-state index contributed by atoms with van der Waals surface area (Å²) in [5.74, 6) is 0.463. The third-order valence-electron chi connectivity index (χ3n) is 4.56. The van der Waals surface area contributed by atoms with Crippen LogP contribution >= 0.6 is 17.0 Å². The van der Waals surface area contributed by atoms with Crippen LogP contribution in [0.3, 0.4) is 0 Å². The van der Waals surface area contributed by atoms with Crippen molar-refractivity contribution in [1.29, 1.82) is 0 Å². The van der Waals surface area contributed by atoms with Crippen LogP contribution in [0.2, 0.25) is 0 Å². The first-order chi connectivity index (χ1) is 14.0. The number of ether oxygens (including phenoxy) is 1. The van der Waals surface area contributed by atoms with Crippen LogP contribution in [0.4, 0.5) is 0 Å². The van der Waals surface area contributed by atoms with Gasteiger partial charge in [-0.1, -0.05) is 18.2 Å². The Kier molecular flexibility index (Phi) is 8.56. The minimum absolute atomic E-state index is 0. The van der Waals surface area contributed by atoms with Gasteiger partial charge in [0, 0.05) is 24.5 Å². The van der Waals surface area contributed by atoms with Gasteiger partial charge < -0.3 is 15.0 Å². The van der Waals surface area contributed by atoms with Crippen LogP contribution in [-0.2, 0) is 11.8 Å². The van der Waals surface area contributed by atoms with E-state index < -0.39 is 0 Å². The summed E-state index contributed by atoms with van der Waals surface area (Å²) in [6.07, 6.45) is 0.897. The summed E-state index contributed by atoms with van der Waals surface area (Å²) >= 11 is 0. The number of rotatable bonds is 8. The molecule has 1 N–H and O–H groups in total. The molecular formula is C22H27BrN4O3. The minimum Gasteiger partial charge on any atom is -0.484 e. The van der Waals surface area contributed by atoms with Gasteiger partial charge in [-0.2, -0.15) is 5.10 Å². The van der Waals surface area contributed by atoms with Gasteiger partial charge in [-0.25, -0.2) is 4.68 Å².